The Balaban J connectivity index is 1.13. The van der Waals surface area contributed by atoms with Crippen molar-refractivity contribution < 1.29 is 40.6 Å². The Morgan fingerprint density at radius 3 is 1.55 bits per heavy atom. The van der Waals surface area contributed by atoms with Crippen molar-refractivity contribution in [3.8, 4) is 0 Å². The van der Waals surface area contributed by atoms with Crippen molar-refractivity contribution in [2.75, 3.05) is 20.2 Å². The summed E-state index contributed by atoms with van der Waals surface area (Å²) in [5.41, 5.74) is 6.40. The maximum atomic E-state index is 15.8. The zero-order chi connectivity index (χ0) is 54.9. The first-order valence-electron chi connectivity index (χ1n) is 26.2. The molecule has 0 bridgehead atoms. The Labute approximate surface area is 458 Å². The molecular weight excluding hydrogens is 1040 g/mol. The van der Waals surface area contributed by atoms with Crippen molar-refractivity contribution in [2.24, 2.45) is 0 Å². The van der Waals surface area contributed by atoms with Gasteiger partial charge in [0.1, 0.15) is 18.9 Å². The van der Waals surface area contributed by atoms with Crippen LogP contribution in [0.15, 0.2) is 180 Å². The molecule has 2 aliphatic rings. The van der Waals surface area contributed by atoms with E-state index in [2.05, 4.69) is 24.4 Å². The van der Waals surface area contributed by atoms with Crippen molar-refractivity contribution >= 4 is 72.9 Å². The van der Waals surface area contributed by atoms with E-state index < -0.39 is 64.2 Å². The molecule has 1 saturated heterocycles. The lowest BCUT2D eigenvalue weighted by atomic mass is 9.95. The van der Waals surface area contributed by atoms with Gasteiger partial charge >= 0.3 is 0 Å². The van der Waals surface area contributed by atoms with Gasteiger partial charge in [-0.3, -0.25) is 14.5 Å². The van der Waals surface area contributed by atoms with Crippen LogP contribution in [0.2, 0.25) is 25.7 Å². The van der Waals surface area contributed by atoms with Crippen molar-refractivity contribution in [1.82, 2.24) is 23.1 Å². The molecule has 0 spiro atoms. The van der Waals surface area contributed by atoms with Crippen LogP contribution in [0.4, 0.5) is 0 Å². The maximum absolute atomic E-state index is 15.8. The summed E-state index contributed by atoms with van der Waals surface area (Å²) in [7, 11) is -8.59. The summed E-state index contributed by atoms with van der Waals surface area (Å²) in [5, 5.41) is 1.44. The Morgan fingerprint density at radius 2 is 1.03 bits per heavy atom. The number of amides is 2. The fraction of sp³-hybridized carbons (Fsp3) is 0.279. The lowest BCUT2D eigenvalue weighted by molar-refractivity contribution is -0.134. The van der Waals surface area contributed by atoms with Crippen molar-refractivity contribution in [2.45, 2.75) is 100 Å². The number of nitrogens with one attached hydrogen (secondary N) is 1. The molecule has 2 aliphatic heterocycles. The minimum atomic E-state index is -4.51. The lowest BCUT2D eigenvalue weighted by Gasteiger charge is -2.31. The monoisotopic (exact) mass is 1100 g/mol. The molecule has 1 fully saturated rings. The predicted octanol–water partition coefficient (Wildman–Crippen LogP) is 10.0. The van der Waals surface area contributed by atoms with Crippen LogP contribution in [-0.4, -0.2) is 99.6 Å². The number of fused-ring (bicyclic) bond motifs is 2. The second-order valence-electron chi connectivity index (χ2n) is 21.5. The molecule has 1 N–H and O–H groups in total. The van der Waals surface area contributed by atoms with Gasteiger partial charge in [0.2, 0.25) is 20.0 Å². The highest BCUT2D eigenvalue weighted by Crippen LogP contribution is 2.43. The Morgan fingerprint density at radius 1 is 0.564 bits per heavy atom. The number of imide groups is 1. The smallest absolute Gasteiger partial charge is 0.261 e. The van der Waals surface area contributed by atoms with Crippen LogP contribution < -0.4 is 4.72 Å². The number of carbonyl (C=O) groups excluding carboxylic acids is 2. The van der Waals surface area contributed by atoms with Crippen LogP contribution in [-0.2, 0) is 70.3 Å². The second-order valence-corrected chi connectivity index (χ2v) is 30.7. The van der Waals surface area contributed by atoms with E-state index >= 15 is 8.42 Å². The number of rotatable bonds is 21. The minimum absolute atomic E-state index is 0.00146. The molecule has 78 heavy (non-hydrogen) atoms. The van der Waals surface area contributed by atoms with Gasteiger partial charge in [0.15, 0.2) is 0 Å². The molecule has 2 amide bonds. The van der Waals surface area contributed by atoms with E-state index in [9.17, 15) is 18.0 Å². The largest absolute Gasteiger partial charge is 0.369 e. The number of aryl methyl sites for hydroxylation is 2. The summed E-state index contributed by atoms with van der Waals surface area (Å²) < 4.78 is 88.2. The van der Waals surface area contributed by atoms with Gasteiger partial charge in [-0.2, -0.15) is 4.31 Å². The molecular formula is C61H65N5O9S2Si. The van der Waals surface area contributed by atoms with E-state index in [0.29, 0.717) is 28.6 Å². The highest BCUT2D eigenvalue weighted by molar-refractivity contribution is 7.89. The van der Waals surface area contributed by atoms with E-state index in [1.165, 1.54) is 23.5 Å². The molecule has 404 valence electrons. The number of carbonyl (C=O) groups is 2. The highest BCUT2D eigenvalue weighted by atomic mass is 32.2. The summed E-state index contributed by atoms with van der Waals surface area (Å²) in [6, 6.07) is 46.1. The first-order valence-corrected chi connectivity index (χ1v) is 32.8. The first kappa shape index (κ1) is 54.5. The standard InChI is InChI=1S/C61H65N5O9S2Si/c1-42-25-29-46(30-26-42)76(69,70)62-35-54-58(74-39-44-17-9-7-10-18-44)59(75-40-45-19-11-8-12-20-45)55(66(54)77(71,72)47-31-27-43(2)28-32-47)38-64-36-50(48-21-13-15-23-52(48)64)56-57(61(68)63(3)60(56)67)51-37-65(41-73-33-34-78(4,5)6)53-24-16-14-22-49(51)53/h7-32,36-37,54-55,58-59,62H,33-35,38-41H2,1-6H3/t54-,55+,58-,59-/m1/s1. The molecule has 0 saturated carbocycles. The number of para-hydroxylation sites is 2. The SMILES string of the molecule is Cc1ccc(S(=O)(=O)NC[C@@H]2[C@@H](OCc3ccccc3)[C@H](OCc3ccccc3)[C@H](Cn3cc(C4=C(c5cn(COCC[Si](C)(C)C)c6ccccc56)C(=O)N(C)C4=O)c4ccccc43)N2S(=O)(=O)c2ccc(C)cc2)cc1. The number of ether oxygens (including phenoxy) is 3. The Hall–Kier alpha value is -6.80. The second kappa shape index (κ2) is 22.5. The van der Waals surface area contributed by atoms with Crippen LogP contribution in [0, 0.1) is 13.8 Å². The number of likely N-dealkylation sites (N-methyl/N-ethyl adjacent to an activating group) is 1. The average molecular weight is 1100 g/mol. The van der Waals surface area contributed by atoms with Gasteiger partial charge < -0.3 is 23.3 Å². The number of nitrogens with zero attached hydrogens (tertiary/aromatic N) is 4. The number of hydrogen-bond donors (Lipinski definition) is 1. The zero-order valence-electron chi connectivity index (χ0n) is 44.7. The fourth-order valence-corrected chi connectivity index (χ4v) is 14.2. The molecule has 0 radical (unpaired) electrons. The van der Waals surface area contributed by atoms with E-state index in [0.717, 1.165) is 44.1 Å². The molecule has 10 rings (SSSR count). The molecule has 14 nitrogen and oxygen atoms in total. The van der Waals surface area contributed by atoms with Gasteiger partial charge in [-0.25, -0.2) is 21.6 Å². The molecule has 17 heteroatoms. The Bertz CT molecular complexity index is 3750. The van der Waals surface area contributed by atoms with Crippen LogP contribution in [0.25, 0.3) is 33.0 Å². The van der Waals surface area contributed by atoms with Gasteiger partial charge in [-0.1, -0.05) is 152 Å². The van der Waals surface area contributed by atoms with Gasteiger partial charge in [0, 0.05) is 74.6 Å². The van der Waals surface area contributed by atoms with E-state index in [-0.39, 0.29) is 54.0 Å². The number of hydrogen-bond acceptors (Lipinski definition) is 9. The van der Waals surface area contributed by atoms with Crippen molar-refractivity contribution in [1.29, 1.82) is 0 Å². The van der Waals surface area contributed by atoms with Gasteiger partial charge in [-0.05, 0) is 67.4 Å². The number of sulfonamides is 2. The van der Waals surface area contributed by atoms with Gasteiger partial charge in [0.25, 0.3) is 11.8 Å². The maximum Gasteiger partial charge on any atom is 0.261 e. The van der Waals surface area contributed by atoms with Crippen molar-refractivity contribution in [3.63, 3.8) is 0 Å². The quantitative estimate of drug-likeness (QED) is 0.0420. The van der Waals surface area contributed by atoms with Crippen LogP contribution in [0.5, 0.6) is 0 Å². The van der Waals surface area contributed by atoms with Gasteiger partial charge in [-0.15, -0.1) is 0 Å². The molecule has 2 aromatic heterocycles. The summed E-state index contributed by atoms with van der Waals surface area (Å²) in [5.74, 6) is -0.936. The predicted molar refractivity (Wildman–Crippen MR) is 307 cm³/mol. The Kier molecular flexibility index (Phi) is 15.7. The van der Waals surface area contributed by atoms with Crippen LogP contribution in [0.3, 0.4) is 0 Å². The summed E-state index contributed by atoms with van der Waals surface area (Å²) in [4.78, 5) is 30.5. The van der Waals surface area contributed by atoms with E-state index in [1.807, 2.05) is 145 Å². The van der Waals surface area contributed by atoms with E-state index in [1.54, 1.807) is 36.4 Å². The molecule has 4 atom stereocenters. The third-order valence-corrected chi connectivity index (χ3v) is 19.8. The lowest BCUT2D eigenvalue weighted by Crippen LogP contribution is -2.50. The molecule has 6 aromatic carbocycles. The van der Waals surface area contributed by atoms with E-state index in [4.69, 9.17) is 14.2 Å². The van der Waals surface area contributed by atoms with Crippen LogP contribution in [0.1, 0.15) is 33.4 Å². The van der Waals surface area contributed by atoms with Crippen molar-refractivity contribution in [3.05, 3.63) is 203 Å². The topological polar surface area (TPSA) is 158 Å². The first-order chi connectivity index (χ1) is 37.4. The average Bonchev–Trinajstić information content (AvgIpc) is 4.24. The summed E-state index contributed by atoms with van der Waals surface area (Å²) >= 11 is 0. The molecule has 0 aliphatic carbocycles. The normalized spacial score (nSPS) is 18.6. The molecule has 4 heterocycles. The number of aromatic nitrogens is 2. The molecule has 0 unspecified atom stereocenters. The van der Waals surface area contributed by atoms with Gasteiger partial charge in [0.05, 0.1) is 51.8 Å². The zero-order valence-corrected chi connectivity index (χ0v) is 47.3. The third-order valence-electron chi connectivity index (χ3n) is 14.7. The van der Waals surface area contributed by atoms with Crippen LogP contribution >= 0.6 is 0 Å². The fourth-order valence-electron chi connectivity index (χ4n) is 10.5. The third kappa shape index (κ3) is 11.2. The minimum Gasteiger partial charge on any atom is -0.369 e. The molecule has 8 aromatic rings. The summed E-state index contributed by atoms with van der Waals surface area (Å²) in [6.07, 6.45) is 1.65. The summed E-state index contributed by atoms with van der Waals surface area (Å²) in [6.45, 7) is 11.2. The highest BCUT2D eigenvalue weighted by Gasteiger charge is 2.56. The number of benzene rings is 6.